The molecule has 1 aliphatic rings. The molecule has 1 amide bonds. The predicted molar refractivity (Wildman–Crippen MR) is 55.2 cm³/mol. The van der Waals surface area contributed by atoms with Crippen molar-refractivity contribution in [2.24, 2.45) is 0 Å². The lowest BCUT2D eigenvalue weighted by atomic mass is 10.2. The zero-order chi connectivity index (χ0) is 10.8. The summed E-state index contributed by atoms with van der Waals surface area (Å²) in [6.45, 7) is 2.85. The second-order valence-corrected chi connectivity index (χ2v) is 3.33. The molecular formula is C10H13N3O2. The van der Waals surface area contributed by atoms with Crippen LogP contribution in [-0.4, -0.2) is 29.7 Å². The molecule has 0 N–H and O–H groups in total. The zero-order valence-corrected chi connectivity index (χ0v) is 8.80. The molecule has 1 aromatic rings. The molecule has 0 fully saturated rings. The fourth-order valence-corrected chi connectivity index (χ4v) is 1.67. The van der Waals surface area contributed by atoms with Crippen molar-refractivity contribution in [3.05, 3.63) is 24.0 Å². The van der Waals surface area contributed by atoms with Crippen LogP contribution in [0.3, 0.4) is 0 Å². The Labute approximate surface area is 88.2 Å². The Bertz CT molecular complexity index is 381. The fraction of sp³-hybridized carbons (Fsp3) is 0.400. The molecule has 2 heterocycles. The van der Waals surface area contributed by atoms with Crippen LogP contribution in [0, 0.1) is 0 Å². The Morgan fingerprint density at radius 3 is 3.20 bits per heavy atom. The Morgan fingerprint density at radius 2 is 2.47 bits per heavy atom. The summed E-state index contributed by atoms with van der Waals surface area (Å²) in [5, 5.41) is 3.34. The number of hydrogen-bond donors (Lipinski definition) is 0. The van der Waals surface area contributed by atoms with Crippen LogP contribution in [0.1, 0.15) is 12.5 Å². The number of hydrogen-bond acceptors (Lipinski definition) is 4. The van der Waals surface area contributed by atoms with E-state index < -0.39 is 0 Å². The summed E-state index contributed by atoms with van der Waals surface area (Å²) in [5.41, 5.74) is 1.89. The van der Waals surface area contributed by atoms with Gasteiger partial charge in [0.2, 0.25) is 0 Å². The number of fused-ring (bicyclic) bond motifs is 1. The minimum Gasteiger partial charge on any atom is -0.448 e. The van der Waals surface area contributed by atoms with Crippen molar-refractivity contribution in [1.82, 2.24) is 9.99 Å². The Hall–Kier alpha value is -1.62. The maximum absolute atomic E-state index is 11.7. The van der Waals surface area contributed by atoms with Crippen molar-refractivity contribution < 1.29 is 9.53 Å². The third-order valence-corrected chi connectivity index (χ3v) is 2.29. The lowest BCUT2D eigenvalue weighted by molar-refractivity contribution is 0.142. The second-order valence-electron chi connectivity index (χ2n) is 3.33. The number of hydrazine groups is 1. The molecule has 5 nitrogen and oxygen atoms in total. The van der Waals surface area contributed by atoms with Gasteiger partial charge in [0, 0.05) is 31.5 Å². The number of pyridine rings is 1. The zero-order valence-electron chi connectivity index (χ0n) is 8.80. The largest absolute Gasteiger partial charge is 0.448 e. The molecular weight excluding hydrogens is 194 g/mol. The first-order valence-corrected chi connectivity index (χ1v) is 4.85. The van der Waals surface area contributed by atoms with Crippen LogP contribution in [0.15, 0.2) is 18.5 Å². The summed E-state index contributed by atoms with van der Waals surface area (Å²) in [7, 11) is 1.84. The molecule has 0 saturated carbocycles. The molecule has 0 aromatic carbocycles. The van der Waals surface area contributed by atoms with E-state index in [0.29, 0.717) is 13.2 Å². The molecule has 2 rings (SSSR count). The average Bonchev–Trinajstić information content (AvgIpc) is 2.54. The topological polar surface area (TPSA) is 45.7 Å². The van der Waals surface area contributed by atoms with Crippen molar-refractivity contribution in [2.75, 3.05) is 18.7 Å². The van der Waals surface area contributed by atoms with Crippen LogP contribution in [0.25, 0.3) is 0 Å². The monoisotopic (exact) mass is 207 g/mol. The summed E-state index contributed by atoms with van der Waals surface area (Å²) >= 11 is 0. The summed E-state index contributed by atoms with van der Waals surface area (Å²) in [6.07, 6.45) is 3.10. The van der Waals surface area contributed by atoms with Crippen LogP contribution in [0.5, 0.6) is 0 Å². The number of carbonyl (C=O) groups is 1. The SMILES string of the molecule is CCOC(=O)N1c2ccncc2CN1C. The van der Waals surface area contributed by atoms with Crippen LogP contribution < -0.4 is 5.01 Å². The highest BCUT2D eigenvalue weighted by atomic mass is 16.6. The molecule has 0 spiro atoms. The number of ether oxygens (including phenoxy) is 1. The first kappa shape index (κ1) is 9.92. The van der Waals surface area contributed by atoms with E-state index in [2.05, 4.69) is 4.98 Å². The maximum Gasteiger partial charge on any atom is 0.429 e. The van der Waals surface area contributed by atoms with E-state index in [1.54, 1.807) is 19.3 Å². The van der Waals surface area contributed by atoms with Gasteiger partial charge < -0.3 is 4.74 Å². The van der Waals surface area contributed by atoms with E-state index in [4.69, 9.17) is 4.74 Å². The van der Waals surface area contributed by atoms with Crippen LogP contribution >= 0.6 is 0 Å². The van der Waals surface area contributed by atoms with Crippen molar-refractivity contribution in [3.8, 4) is 0 Å². The summed E-state index contributed by atoms with van der Waals surface area (Å²) < 4.78 is 4.98. The number of nitrogens with zero attached hydrogens (tertiary/aromatic N) is 3. The molecule has 15 heavy (non-hydrogen) atoms. The van der Waals surface area contributed by atoms with Gasteiger partial charge in [0.25, 0.3) is 0 Å². The van der Waals surface area contributed by atoms with E-state index in [-0.39, 0.29) is 6.09 Å². The van der Waals surface area contributed by atoms with E-state index in [0.717, 1.165) is 11.3 Å². The number of rotatable bonds is 1. The Morgan fingerprint density at radius 1 is 1.67 bits per heavy atom. The molecule has 1 aliphatic heterocycles. The van der Waals surface area contributed by atoms with Gasteiger partial charge >= 0.3 is 6.09 Å². The maximum atomic E-state index is 11.7. The molecule has 0 atom stereocenters. The van der Waals surface area contributed by atoms with Gasteiger partial charge in [-0.25, -0.2) is 14.8 Å². The number of aromatic nitrogens is 1. The number of anilines is 1. The van der Waals surface area contributed by atoms with E-state index in [1.807, 2.05) is 18.1 Å². The highest BCUT2D eigenvalue weighted by Crippen LogP contribution is 2.29. The molecule has 0 aliphatic carbocycles. The third kappa shape index (κ3) is 1.66. The van der Waals surface area contributed by atoms with Gasteiger partial charge in [-0.2, -0.15) is 0 Å². The molecule has 0 saturated heterocycles. The first-order valence-electron chi connectivity index (χ1n) is 4.85. The number of amides is 1. The van der Waals surface area contributed by atoms with Crippen LogP contribution in [-0.2, 0) is 11.3 Å². The summed E-state index contributed by atoms with van der Waals surface area (Å²) in [6, 6.07) is 1.82. The standard InChI is InChI=1S/C10H13N3O2/c1-3-15-10(14)13-9-4-5-11-6-8(9)7-12(13)2/h4-6H,3,7H2,1-2H3. The quantitative estimate of drug-likeness (QED) is 0.698. The van der Waals surface area contributed by atoms with Crippen LogP contribution in [0.2, 0.25) is 0 Å². The Balaban J connectivity index is 2.29. The molecule has 1 aromatic heterocycles. The van der Waals surface area contributed by atoms with Crippen molar-refractivity contribution >= 4 is 11.8 Å². The average molecular weight is 207 g/mol. The number of carbonyl (C=O) groups excluding carboxylic acids is 1. The van der Waals surface area contributed by atoms with Gasteiger partial charge in [-0.3, -0.25) is 4.98 Å². The smallest absolute Gasteiger partial charge is 0.429 e. The fourth-order valence-electron chi connectivity index (χ4n) is 1.67. The minimum absolute atomic E-state index is 0.343. The van der Waals surface area contributed by atoms with Gasteiger partial charge in [0.15, 0.2) is 0 Å². The van der Waals surface area contributed by atoms with Gasteiger partial charge in [-0.05, 0) is 13.0 Å². The molecule has 5 heteroatoms. The van der Waals surface area contributed by atoms with Gasteiger partial charge in [0.05, 0.1) is 12.3 Å². The predicted octanol–water partition coefficient (Wildman–Crippen LogP) is 1.40. The van der Waals surface area contributed by atoms with E-state index in [9.17, 15) is 4.79 Å². The molecule has 0 radical (unpaired) electrons. The molecule has 80 valence electrons. The Kier molecular flexibility index (Phi) is 2.55. The van der Waals surface area contributed by atoms with Crippen molar-refractivity contribution in [2.45, 2.75) is 13.5 Å². The molecule has 0 unspecified atom stereocenters. The van der Waals surface area contributed by atoms with Gasteiger partial charge in [0.1, 0.15) is 0 Å². The minimum atomic E-state index is -0.343. The highest BCUT2D eigenvalue weighted by molar-refractivity contribution is 5.88. The van der Waals surface area contributed by atoms with Crippen LogP contribution in [0.4, 0.5) is 10.5 Å². The van der Waals surface area contributed by atoms with Gasteiger partial charge in [-0.15, -0.1) is 0 Å². The van der Waals surface area contributed by atoms with Gasteiger partial charge in [-0.1, -0.05) is 0 Å². The van der Waals surface area contributed by atoms with Crippen molar-refractivity contribution in [3.63, 3.8) is 0 Å². The van der Waals surface area contributed by atoms with E-state index >= 15 is 0 Å². The first-order chi connectivity index (χ1) is 7.24. The lowest BCUT2D eigenvalue weighted by Gasteiger charge is -2.23. The second kappa shape index (κ2) is 3.86. The summed E-state index contributed by atoms with van der Waals surface area (Å²) in [5.74, 6) is 0. The third-order valence-electron chi connectivity index (χ3n) is 2.29. The van der Waals surface area contributed by atoms with Crippen molar-refractivity contribution in [1.29, 1.82) is 0 Å². The summed E-state index contributed by atoms with van der Waals surface area (Å²) in [4.78, 5) is 15.7. The van der Waals surface area contributed by atoms with E-state index in [1.165, 1.54) is 5.01 Å². The normalized spacial score (nSPS) is 15.2. The molecule has 0 bridgehead atoms. The highest BCUT2D eigenvalue weighted by Gasteiger charge is 2.30. The lowest BCUT2D eigenvalue weighted by Crippen LogP contribution is -2.40.